The lowest BCUT2D eigenvalue weighted by Gasteiger charge is -2.13. The Hall–Kier alpha value is -0.640. The molecule has 104 valence electrons. The normalized spacial score (nSPS) is 28.6. The van der Waals surface area contributed by atoms with Crippen molar-refractivity contribution in [2.24, 2.45) is 17.6 Å². The van der Waals surface area contributed by atoms with Crippen LogP contribution in [0, 0.1) is 18.8 Å². The molecule has 0 bridgehead atoms. The lowest BCUT2D eigenvalue weighted by Crippen LogP contribution is -2.13. The lowest BCUT2D eigenvalue weighted by molar-refractivity contribution is 0.560. The zero-order chi connectivity index (χ0) is 13.9. The van der Waals surface area contributed by atoms with Crippen LogP contribution < -0.4 is 5.73 Å². The number of benzene rings is 1. The first-order valence-corrected chi connectivity index (χ1v) is 8.87. The molecule has 4 unspecified atom stereocenters. The van der Waals surface area contributed by atoms with E-state index < -0.39 is 0 Å². The molecule has 1 nitrogen and oxygen atoms in total. The highest BCUT2D eigenvalue weighted by Gasteiger charge is 2.56. The van der Waals surface area contributed by atoms with Gasteiger partial charge in [0, 0.05) is 20.3 Å². The monoisotopic (exact) mass is 347 g/mol. The van der Waals surface area contributed by atoms with E-state index in [1.165, 1.54) is 27.1 Å². The number of fused-ring (bicyclic) bond motifs is 3. The van der Waals surface area contributed by atoms with Gasteiger partial charge in [0.25, 0.3) is 0 Å². The number of nitrogens with two attached hydrogens (primary N) is 1. The van der Waals surface area contributed by atoms with Crippen LogP contribution in [0.2, 0.25) is 0 Å². The zero-order valence-electron chi connectivity index (χ0n) is 11.5. The fourth-order valence-corrected chi connectivity index (χ4v) is 5.99. The third kappa shape index (κ3) is 1.91. The van der Waals surface area contributed by atoms with Crippen LogP contribution in [-0.4, -0.2) is 0 Å². The van der Waals surface area contributed by atoms with Gasteiger partial charge in [-0.25, -0.2) is 0 Å². The number of aryl methyl sites for hydroxylation is 2. The van der Waals surface area contributed by atoms with Crippen molar-refractivity contribution in [3.05, 3.63) is 55.7 Å². The molecule has 1 aromatic carbocycles. The molecule has 1 fully saturated rings. The van der Waals surface area contributed by atoms with Gasteiger partial charge in [-0.3, -0.25) is 0 Å². The summed E-state index contributed by atoms with van der Waals surface area (Å²) in [6.45, 7) is 2.15. The molecule has 0 amide bonds. The molecule has 2 aromatic rings. The maximum absolute atomic E-state index is 6.61. The van der Waals surface area contributed by atoms with Crippen molar-refractivity contribution in [3.8, 4) is 0 Å². The van der Waals surface area contributed by atoms with Crippen molar-refractivity contribution in [2.45, 2.75) is 31.7 Å². The second-order valence-corrected chi connectivity index (χ2v) is 8.24. The minimum atomic E-state index is 0.184. The molecule has 1 heterocycles. The van der Waals surface area contributed by atoms with Gasteiger partial charge in [-0.05, 0) is 70.6 Å². The van der Waals surface area contributed by atoms with Crippen LogP contribution in [0.5, 0.6) is 0 Å². The van der Waals surface area contributed by atoms with E-state index in [9.17, 15) is 0 Å². The topological polar surface area (TPSA) is 26.0 Å². The van der Waals surface area contributed by atoms with E-state index in [4.69, 9.17) is 5.73 Å². The zero-order valence-corrected chi connectivity index (χ0v) is 13.9. The van der Waals surface area contributed by atoms with Gasteiger partial charge < -0.3 is 5.73 Å². The maximum atomic E-state index is 6.61. The second kappa shape index (κ2) is 4.69. The number of hydrogen-bond donors (Lipinski definition) is 1. The Morgan fingerprint density at radius 3 is 2.90 bits per heavy atom. The van der Waals surface area contributed by atoms with Crippen molar-refractivity contribution < 1.29 is 0 Å². The number of halogens is 1. The Balaban J connectivity index is 1.65. The number of thiophene rings is 1. The summed E-state index contributed by atoms with van der Waals surface area (Å²) >= 11 is 5.52. The minimum Gasteiger partial charge on any atom is -0.323 e. The molecule has 4 atom stereocenters. The highest BCUT2D eigenvalue weighted by molar-refractivity contribution is 9.10. The first kappa shape index (κ1) is 13.1. The summed E-state index contributed by atoms with van der Waals surface area (Å²) in [4.78, 5) is 2.67. The van der Waals surface area contributed by atoms with Gasteiger partial charge in [0.15, 0.2) is 0 Å². The van der Waals surface area contributed by atoms with E-state index in [-0.39, 0.29) is 6.04 Å². The van der Waals surface area contributed by atoms with E-state index in [2.05, 4.69) is 53.2 Å². The van der Waals surface area contributed by atoms with Gasteiger partial charge >= 0.3 is 0 Å². The molecule has 20 heavy (non-hydrogen) atoms. The van der Waals surface area contributed by atoms with Crippen LogP contribution in [0.3, 0.4) is 0 Å². The summed E-state index contributed by atoms with van der Waals surface area (Å²) in [5.41, 5.74) is 9.72. The summed E-state index contributed by atoms with van der Waals surface area (Å²) in [6, 6.07) is 11.3. The predicted octanol–water partition coefficient (Wildman–Crippen LogP) is 4.79. The standard InChI is InChI=1S/C17H18BrNS/c1-9-8-13(18)17(20-9)16(19)15-12-7-6-10-4-2-3-5-11(10)14(12)15/h2-5,8,12,14-16H,6-7,19H2,1H3. The Bertz CT molecular complexity index is 663. The van der Waals surface area contributed by atoms with E-state index in [0.717, 1.165) is 5.92 Å². The van der Waals surface area contributed by atoms with Crippen molar-refractivity contribution in [1.29, 1.82) is 0 Å². The van der Waals surface area contributed by atoms with Crippen LogP contribution in [-0.2, 0) is 6.42 Å². The van der Waals surface area contributed by atoms with Crippen LogP contribution in [0.1, 0.15) is 39.3 Å². The molecule has 2 aliphatic carbocycles. The smallest absolute Gasteiger partial charge is 0.0438 e. The minimum absolute atomic E-state index is 0.184. The van der Waals surface area contributed by atoms with Gasteiger partial charge in [0.1, 0.15) is 0 Å². The molecule has 0 spiro atoms. The highest BCUT2D eigenvalue weighted by Crippen LogP contribution is 2.64. The first-order chi connectivity index (χ1) is 9.66. The predicted molar refractivity (Wildman–Crippen MR) is 88.2 cm³/mol. The van der Waals surface area contributed by atoms with E-state index >= 15 is 0 Å². The average molecular weight is 348 g/mol. The third-order valence-electron chi connectivity index (χ3n) is 4.94. The Morgan fingerprint density at radius 2 is 2.15 bits per heavy atom. The average Bonchev–Trinajstić information content (AvgIpc) is 3.09. The van der Waals surface area contributed by atoms with E-state index in [1.807, 2.05) is 11.3 Å². The fourth-order valence-electron chi connectivity index (χ4n) is 4.01. The molecule has 0 radical (unpaired) electrons. The summed E-state index contributed by atoms with van der Waals surface area (Å²) in [5.74, 6) is 2.13. The van der Waals surface area contributed by atoms with Gasteiger partial charge in [0.2, 0.25) is 0 Å². The molecule has 4 rings (SSSR count). The largest absolute Gasteiger partial charge is 0.323 e. The summed E-state index contributed by atoms with van der Waals surface area (Å²) in [7, 11) is 0. The Labute approximate surface area is 132 Å². The highest BCUT2D eigenvalue weighted by atomic mass is 79.9. The van der Waals surface area contributed by atoms with Crippen molar-refractivity contribution in [3.63, 3.8) is 0 Å². The Morgan fingerprint density at radius 1 is 1.35 bits per heavy atom. The van der Waals surface area contributed by atoms with Gasteiger partial charge in [0.05, 0.1) is 0 Å². The van der Waals surface area contributed by atoms with Crippen molar-refractivity contribution >= 4 is 27.3 Å². The number of rotatable bonds is 2. The van der Waals surface area contributed by atoms with E-state index in [0.29, 0.717) is 11.8 Å². The van der Waals surface area contributed by atoms with Crippen molar-refractivity contribution in [1.82, 2.24) is 0 Å². The molecular weight excluding hydrogens is 330 g/mol. The molecule has 1 aromatic heterocycles. The SMILES string of the molecule is Cc1cc(Br)c(C(N)C2C3CCc4ccccc4C32)s1. The first-order valence-electron chi connectivity index (χ1n) is 7.26. The second-order valence-electron chi connectivity index (χ2n) is 6.10. The molecule has 2 aliphatic rings. The van der Waals surface area contributed by atoms with Crippen molar-refractivity contribution in [2.75, 3.05) is 0 Å². The molecule has 3 heteroatoms. The number of hydrogen-bond acceptors (Lipinski definition) is 2. The molecule has 0 aliphatic heterocycles. The van der Waals surface area contributed by atoms with Crippen LogP contribution in [0.25, 0.3) is 0 Å². The van der Waals surface area contributed by atoms with Crippen LogP contribution in [0.15, 0.2) is 34.8 Å². The van der Waals surface area contributed by atoms with Gasteiger partial charge in [-0.2, -0.15) is 0 Å². The fraction of sp³-hybridized carbons (Fsp3) is 0.412. The lowest BCUT2D eigenvalue weighted by atomic mass is 9.92. The summed E-state index contributed by atoms with van der Waals surface area (Å²) in [5, 5.41) is 0. The van der Waals surface area contributed by atoms with Crippen LogP contribution >= 0.6 is 27.3 Å². The van der Waals surface area contributed by atoms with Crippen LogP contribution in [0.4, 0.5) is 0 Å². The summed E-state index contributed by atoms with van der Waals surface area (Å²) in [6.07, 6.45) is 2.53. The Kier molecular flexibility index (Phi) is 3.06. The summed E-state index contributed by atoms with van der Waals surface area (Å²) < 4.78 is 1.20. The maximum Gasteiger partial charge on any atom is 0.0438 e. The van der Waals surface area contributed by atoms with Gasteiger partial charge in [-0.15, -0.1) is 11.3 Å². The molecule has 0 saturated heterocycles. The molecular formula is C17H18BrNS. The molecule has 2 N–H and O–H groups in total. The van der Waals surface area contributed by atoms with E-state index in [1.54, 1.807) is 11.1 Å². The quantitative estimate of drug-likeness (QED) is 0.829. The third-order valence-corrected chi connectivity index (χ3v) is 7.01. The van der Waals surface area contributed by atoms with Gasteiger partial charge in [-0.1, -0.05) is 24.3 Å². The molecule has 1 saturated carbocycles.